The molecular weight excluding hydrogens is 437 g/mol. The van der Waals surface area contributed by atoms with Crippen molar-refractivity contribution in [1.82, 2.24) is 10.2 Å². The van der Waals surface area contributed by atoms with Crippen LogP contribution in [0.25, 0.3) is 0 Å². The first-order valence-electron chi connectivity index (χ1n) is 11.2. The summed E-state index contributed by atoms with van der Waals surface area (Å²) in [6.07, 6.45) is -3.03. The highest BCUT2D eigenvalue weighted by Gasteiger charge is 2.51. The smallest absolute Gasteiger partial charge is 0.382 e. The number of likely N-dealkylation sites (tertiary alicyclic amines) is 1. The lowest BCUT2D eigenvalue weighted by Crippen LogP contribution is -2.55. The fourth-order valence-corrected chi connectivity index (χ4v) is 4.78. The van der Waals surface area contributed by atoms with Gasteiger partial charge < -0.3 is 24.6 Å². The van der Waals surface area contributed by atoms with Gasteiger partial charge in [-0.05, 0) is 37.0 Å². The van der Waals surface area contributed by atoms with E-state index in [-0.39, 0.29) is 17.5 Å². The number of amides is 2. The molecule has 0 unspecified atom stereocenters. The highest BCUT2D eigenvalue weighted by Crippen LogP contribution is 2.45. The fourth-order valence-electron chi connectivity index (χ4n) is 4.78. The Hall–Kier alpha value is -2.51. The van der Waals surface area contributed by atoms with Crippen molar-refractivity contribution in [2.24, 2.45) is 11.3 Å². The van der Waals surface area contributed by atoms with E-state index in [1.807, 2.05) is 11.8 Å². The van der Waals surface area contributed by atoms with Gasteiger partial charge in [0.15, 0.2) is 0 Å². The third-order valence-electron chi connectivity index (χ3n) is 6.49. The van der Waals surface area contributed by atoms with E-state index in [2.05, 4.69) is 5.32 Å². The number of nitriles is 1. The monoisotopic (exact) mass is 468 g/mol. The highest BCUT2D eigenvalue weighted by atomic mass is 19.4. The van der Waals surface area contributed by atoms with Crippen LogP contribution in [-0.2, 0) is 15.7 Å². The number of urea groups is 1. The molecule has 1 aromatic rings. The molecule has 0 bridgehead atoms. The Labute approximate surface area is 192 Å². The molecule has 2 aliphatic heterocycles. The second kappa shape index (κ2) is 10.6. The number of alkyl halides is 3. The number of hydrogen-bond acceptors (Lipinski definition) is 5. The maximum Gasteiger partial charge on any atom is 0.417 e. The molecule has 0 aromatic heterocycles. The van der Waals surface area contributed by atoms with Gasteiger partial charge in [0.25, 0.3) is 0 Å². The average molecular weight is 469 g/mol. The predicted octanol–water partition coefficient (Wildman–Crippen LogP) is 3.49. The van der Waals surface area contributed by atoms with Crippen LogP contribution < -0.4 is 10.2 Å². The van der Waals surface area contributed by atoms with Crippen LogP contribution in [0.1, 0.15) is 30.9 Å². The molecule has 0 radical (unpaired) electrons. The second-order valence-electron chi connectivity index (χ2n) is 8.77. The zero-order valence-electron chi connectivity index (χ0n) is 19.1. The zero-order chi connectivity index (χ0) is 24.1. The molecule has 2 fully saturated rings. The van der Waals surface area contributed by atoms with Gasteiger partial charge in [0.05, 0.1) is 37.0 Å². The lowest BCUT2D eigenvalue weighted by molar-refractivity contribution is -0.137. The van der Waals surface area contributed by atoms with E-state index in [1.54, 1.807) is 24.1 Å². The molecule has 2 heterocycles. The van der Waals surface area contributed by atoms with E-state index in [1.165, 1.54) is 6.07 Å². The van der Waals surface area contributed by atoms with Crippen LogP contribution in [0.5, 0.6) is 0 Å². The summed E-state index contributed by atoms with van der Waals surface area (Å²) in [5, 5.41) is 12.0. The number of nitrogens with one attached hydrogen (secondary N) is 1. The molecule has 7 nitrogen and oxygen atoms in total. The van der Waals surface area contributed by atoms with Gasteiger partial charge in [-0.25, -0.2) is 4.79 Å². The number of carbonyl (C=O) groups is 1. The molecule has 2 aliphatic rings. The van der Waals surface area contributed by atoms with Crippen LogP contribution in [0, 0.1) is 22.7 Å². The summed E-state index contributed by atoms with van der Waals surface area (Å²) in [6, 6.07) is 5.36. The Morgan fingerprint density at radius 1 is 1.33 bits per heavy atom. The number of carbonyl (C=O) groups excluding carboxylic acids is 1. The average Bonchev–Trinajstić information content (AvgIpc) is 3.18. The van der Waals surface area contributed by atoms with Crippen molar-refractivity contribution in [3.05, 3.63) is 29.3 Å². The van der Waals surface area contributed by atoms with Crippen molar-refractivity contribution in [1.29, 1.82) is 5.26 Å². The molecule has 2 saturated heterocycles. The van der Waals surface area contributed by atoms with Crippen LogP contribution in [-0.4, -0.2) is 70.6 Å². The summed E-state index contributed by atoms with van der Waals surface area (Å²) in [6.45, 7) is 5.91. The quantitative estimate of drug-likeness (QED) is 0.591. The molecule has 0 spiro atoms. The van der Waals surface area contributed by atoms with Crippen molar-refractivity contribution in [2.45, 2.75) is 25.9 Å². The molecule has 33 heavy (non-hydrogen) atoms. The van der Waals surface area contributed by atoms with Crippen molar-refractivity contribution in [2.75, 3.05) is 64.6 Å². The standard InChI is InChI=1S/C23H31F3N4O3/c1-3-7-28-21(31)29-8-6-18-13-30(15-22(18,14-29)16-33-10-9-32-2)19-5-4-17(12-27)20(11-19)23(24,25)26/h4-5,11,18H,3,6-10,13-16H2,1-2H3,(H,28,31)/t18-,22+/m1/s1. The van der Waals surface area contributed by atoms with E-state index in [4.69, 9.17) is 14.7 Å². The number of nitrogens with zero attached hydrogens (tertiary/aromatic N) is 3. The van der Waals surface area contributed by atoms with Crippen LogP contribution in [0.2, 0.25) is 0 Å². The normalized spacial score (nSPS) is 22.7. The summed E-state index contributed by atoms with van der Waals surface area (Å²) < 4.78 is 51.5. The van der Waals surface area contributed by atoms with Gasteiger partial charge in [-0.1, -0.05) is 6.92 Å². The summed E-state index contributed by atoms with van der Waals surface area (Å²) in [4.78, 5) is 16.3. The van der Waals surface area contributed by atoms with Gasteiger partial charge in [-0.3, -0.25) is 0 Å². The number of anilines is 1. The van der Waals surface area contributed by atoms with Gasteiger partial charge in [0.1, 0.15) is 0 Å². The molecule has 182 valence electrons. The lowest BCUT2D eigenvalue weighted by atomic mass is 9.74. The highest BCUT2D eigenvalue weighted by molar-refractivity contribution is 5.74. The first kappa shape index (κ1) is 25.1. The van der Waals surface area contributed by atoms with Crippen LogP contribution >= 0.6 is 0 Å². The summed E-state index contributed by atoms with van der Waals surface area (Å²) in [5.41, 5.74) is -1.29. The third-order valence-corrected chi connectivity index (χ3v) is 6.49. The number of piperidine rings is 1. The number of rotatable bonds is 8. The maximum atomic E-state index is 13.5. The van der Waals surface area contributed by atoms with E-state index < -0.39 is 17.2 Å². The second-order valence-corrected chi connectivity index (χ2v) is 8.77. The molecule has 1 N–H and O–H groups in total. The Morgan fingerprint density at radius 3 is 2.79 bits per heavy atom. The van der Waals surface area contributed by atoms with E-state index in [0.717, 1.165) is 18.9 Å². The van der Waals surface area contributed by atoms with Gasteiger partial charge in [0.2, 0.25) is 0 Å². The third kappa shape index (κ3) is 5.71. The largest absolute Gasteiger partial charge is 0.417 e. The topological polar surface area (TPSA) is 77.8 Å². The Kier molecular flexibility index (Phi) is 8.08. The Balaban J connectivity index is 1.84. The summed E-state index contributed by atoms with van der Waals surface area (Å²) in [7, 11) is 1.59. The molecule has 0 aliphatic carbocycles. The number of ether oxygens (including phenoxy) is 2. The van der Waals surface area contributed by atoms with Gasteiger partial charge in [-0.2, -0.15) is 18.4 Å². The number of methoxy groups -OCH3 is 1. The number of benzene rings is 1. The SMILES string of the molecule is CCCNC(=O)N1CC[C@@H]2CN(c3ccc(C#N)c(C(F)(F)F)c3)C[C@]2(COCCOC)C1. The first-order valence-corrected chi connectivity index (χ1v) is 11.2. The van der Waals surface area contributed by atoms with Crippen molar-refractivity contribution < 1.29 is 27.4 Å². The maximum absolute atomic E-state index is 13.5. The Morgan fingerprint density at radius 2 is 2.12 bits per heavy atom. The van der Waals surface area contributed by atoms with Gasteiger partial charge in [-0.15, -0.1) is 0 Å². The molecule has 2 atom stereocenters. The van der Waals surface area contributed by atoms with Crippen molar-refractivity contribution in [3.63, 3.8) is 0 Å². The van der Waals surface area contributed by atoms with Crippen LogP contribution in [0.15, 0.2) is 18.2 Å². The molecule has 2 amide bonds. The fraction of sp³-hybridized carbons (Fsp3) is 0.652. The minimum atomic E-state index is -4.61. The summed E-state index contributed by atoms with van der Waals surface area (Å²) >= 11 is 0. The number of hydrogen-bond donors (Lipinski definition) is 1. The van der Waals surface area contributed by atoms with Crippen LogP contribution in [0.4, 0.5) is 23.7 Å². The molecule has 3 rings (SSSR count). The van der Waals surface area contributed by atoms with Crippen molar-refractivity contribution in [3.8, 4) is 6.07 Å². The minimum absolute atomic E-state index is 0.122. The molecular formula is C23H31F3N4O3. The van der Waals surface area contributed by atoms with E-state index in [9.17, 15) is 18.0 Å². The van der Waals surface area contributed by atoms with Gasteiger partial charge >= 0.3 is 12.2 Å². The Bertz CT molecular complexity index is 873. The summed E-state index contributed by atoms with van der Waals surface area (Å²) in [5.74, 6) is 0.167. The zero-order valence-corrected chi connectivity index (χ0v) is 19.1. The van der Waals surface area contributed by atoms with Crippen LogP contribution in [0.3, 0.4) is 0 Å². The molecule has 1 aromatic carbocycles. The van der Waals surface area contributed by atoms with E-state index in [0.29, 0.717) is 58.2 Å². The molecule has 0 saturated carbocycles. The minimum Gasteiger partial charge on any atom is -0.382 e. The predicted molar refractivity (Wildman–Crippen MR) is 117 cm³/mol. The van der Waals surface area contributed by atoms with Crippen molar-refractivity contribution >= 4 is 11.7 Å². The number of fused-ring (bicyclic) bond motifs is 1. The molecule has 10 heteroatoms. The van der Waals surface area contributed by atoms with E-state index >= 15 is 0 Å². The number of halogens is 3. The first-order chi connectivity index (χ1) is 15.7. The lowest BCUT2D eigenvalue weighted by Gasteiger charge is -2.43. The van der Waals surface area contributed by atoms with Gasteiger partial charge in [0, 0.05) is 50.9 Å².